The van der Waals surface area contributed by atoms with Gasteiger partial charge in [-0.2, -0.15) is 0 Å². The number of benzene rings is 1. The van der Waals surface area contributed by atoms with Crippen molar-refractivity contribution in [2.45, 2.75) is 18.6 Å². The van der Waals surface area contributed by atoms with Gasteiger partial charge < -0.3 is 20.2 Å². The van der Waals surface area contributed by atoms with Crippen molar-refractivity contribution in [1.82, 2.24) is 14.8 Å². The van der Waals surface area contributed by atoms with Crippen LogP contribution in [0, 0.1) is 0 Å². The minimum absolute atomic E-state index is 0.0216. The number of nitrogens with zero attached hydrogens (tertiary/aromatic N) is 3. The molecular weight excluding hydrogens is 410 g/mol. The van der Waals surface area contributed by atoms with Crippen molar-refractivity contribution >= 4 is 41.0 Å². The van der Waals surface area contributed by atoms with E-state index < -0.39 is 24.1 Å². The Morgan fingerprint density at radius 2 is 1.83 bits per heavy atom. The number of hydrogen-bond donors (Lipinski definition) is 3. The molecule has 1 fully saturated rings. The van der Waals surface area contributed by atoms with E-state index in [4.69, 9.17) is 11.6 Å². The number of aliphatic hydroxyl groups excluding tert-OH is 1. The second-order valence-electron chi connectivity index (χ2n) is 7.12. The molecule has 158 valence electrons. The van der Waals surface area contributed by atoms with Crippen molar-refractivity contribution in [2.75, 3.05) is 31.3 Å². The Bertz CT molecular complexity index is 933. The lowest BCUT2D eigenvalue weighted by atomic mass is 10.1. The molecule has 2 atom stereocenters. The van der Waals surface area contributed by atoms with Gasteiger partial charge in [0.05, 0.1) is 11.1 Å². The SMILES string of the molecule is CN(C)C(=O)c1ccc(NC(=O)[C@H]2C[C@@H](O)CN2C(=O)Nc2ccc(Cl)cn2)cc1. The molecule has 9 nitrogen and oxygen atoms in total. The number of likely N-dealkylation sites (tertiary alicyclic amines) is 1. The number of amides is 4. The zero-order valence-corrected chi connectivity index (χ0v) is 17.3. The highest BCUT2D eigenvalue weighted by atomic mass is 35.5. The number of carbonyl (C=O) groups is 3. The molecule has 1 saturated heterocycles. The summed E-state index contributed by atoms with van der Waals surface area (Å²) in [5.74, 6) is -0.297. The van der Waals surface area contributed by atoms with Crippen molar-refractivity contribution in [3.8, 4) is 0 Å². The Labute approximate surface area is 178 Å². The first kappa shape index (κ1) is 21.5. The summed E-state index contributed by atoms with van der Waals surface area (Å²) in [6.07, 6.45) is 0.694. The van der Waals surface area contributed by atoms with Gasteiger partial charge >= 0.3 is 6.03 Å². The number of halogens is 1. The Kier molecular flexibility index (Phi) is 6.53. The molecule has 0 saturated carbocycles. The lowest BCUT2D eigenvalue weighted by Gasteiger charge is -2.23. The fraction of sp³-hybridized carbons (Fsp3) is 0.300. The van der Waals surface area contributed by atoms with Crippen molar-refractivity contribution < 1.29 is 19.5 Å². The molecule has 0 aliphatic carbocycles. The van der Waals surface area contributed by atoms with Crippen LogP contribution in [0.25, 0.3) is 0 Å². The predicted molar refractivity (Wildman–Crippen MR) is 112 cm³/mol. The van der Waals surface area contributed by atoms with E-state index in [1.807, 2.05) is 0 Å². The summed E-state index contributed by atoms with van der Waals surface area (Å²) in [7, 11) is 3.31. The molecule has 1 aromatic heterocycles. The summed E-state index contributed by atoms with van der Waals surface area (Å²) in [6, 6.07) is 8.17. The summed E-state index contributed by atoms with van der Waals surface area (Å²) in [5, 5.41) is 15.8. The zero-order valence-electron chi connectivity index (χ0n) is 16.5. The molecule has 3 N–H and O–H groups in total. The molecule has 2 heterocycles. The molecule has 0 bridgehead atoms. The summed E-state index contributed by atoms with van der Waals surface area (Å²) < 4.78 is 0. The van der Waals surface area contributed by atoms with E-state index in [1.165, 1.54) is 16.0 Å². The Balaban J connectivity index is 1.66. The van der Waals surface area contributed by atoms with Crippen LogP contribution in [0.1, 0.15) is 16.8 Å². The topological polar surface area (TPSA) is 115 Å². The molecule has 1 aliphatic heterocycles. The van der Waals surface area contributed by atoms with Crippen LogP contribution in [0.4, 0.5) is 16.3 Å². The van der Waals surface area contributed by atoms with Crippen LogP contribution in [0.15, 0.2) is 42.6 Å². The second-order valence-corrected chi connectivity index (χ2v) is 7.55. The highest BCUT2D eigenvalue weighted by Gasteiger charge is 2.39. The van der Waals surface area contributed by atoms with Gasteiger partial charge in [-0.1, -0.05) is 11.6 Å². The molecule has 2 aromatic rings. The van der Waals surface area contributed by atoms with Crippen LogP contribution in [0.2, 0.25) is 5.02 Å². The number of anilines is 2. The number of aliphatic hydroxyl groups is 1. The molecule has 0 radical (unpaired) electrons. The van der Waals surface area contributed by atoms with Crippen LogP contribution in [0.5, 0.6) is 0 Å². The van der Waals surface area contributed by atoms with E-state index in [0.717, 1.165) is 0 Å². The lowest BCUT2D eigenvalue weighted by molar-refractivity contribution is -0.119. The molecule has 4 amide bonds. The molecule has 30 heavy (non-hydrogen) atoms. The summed E-state index contributed by atoms with van der Waals surface area (Å²) in [6.45, 7) is 0.0216. The smallest absolute Gasteiger partial charge is 0.323 e. The highest BCUT2D eigenvalue weighted by Crippen LogP contribution is 2.22. The maximum absolute atomic E-state index is 12.7. The minimum atomic E-state index is -0.851. The van der Waals surface area contributed by atoms with Crippen molar-refractivity contribution in [1.29, 1.82) is 0 Å². The second kappa shape index (κ2) is 9.10. The summed E-state index contributed by atoms with van der Waals surface area (Å²) in [5.41, 5.74) is 0.974. The Morgan fingerprint density at radius 3 is 2.43 bits per heavy atom. The number of urea groups is 1. The number of hydrogen-bond acceptors (Lipinski definition) is 5. The summed E-state index contributed by atoms with van der Waals surface area (Å²) >= 11 is 5.79. The van der Waals surface area contributed by atoms with Crippen molar-refractivity contribution in [3.05, 3.63) is 53.2 Å². The zero-order chi connectivity index (χ0) is 21.8. The van der Waals surface area contributed by atoms with Gasteiger partial charge in [0.15, 0.2) is 0 Å². The van der Waals surface area contributed by atoms with Gasteiger partial charge in [-0.25, -0.2) is 9.78 Å². The third kappa shape index (κ3) is 5.05. The monoisotopic (exact) mass is 431 g/mol. The van der Waals surface area contributed by atoms with Crippen LogP contribution < -0.4 is 10.6 Å². The number of pyridine rings is 1. The van der Waals surface area contributed by atoms with E-state index >= 15 is 0 Å². The molecular formula is C20H22ClN5O4. The van der Waals surface area contributed by atoms with E-state index in [9.17, 15) is 19.5 Å². The Hall–Kier alpha value is -3.17. The molecule has 0 unspecified atom stereocenters. The van der Waals surface area contributed by atoms with E-state index in [2.05, 4.69) is 15.6 Å². The van der Waals surface area contributed by atoms with Gasteiger partial charge in [-0.15, -0.1) is 0 Å². The van der Waals surface area contributed by atoms with E-state index in [0.29, 0.717) is 16.3 Å². The molecule has 3 rings (SSSR count). The van der Waals surface area contributed by atoms with Crippen molar-refractivity contribution in [3.63, 3.8) is 0 Å². The maximum Gasteiger partial charge on any atom is 0.323 e. The molecule has 1 aliphatic rings. The van der Waals surface area contributed by atoms with Crippen LogP contribution in [-0.2, 0) is 4.79 Å². The maximum atomic E-state index is 12.7. The molecule has 10 heteroatoms. The minimum Gasteiger partial charge on any atom is -0.391 e. The third-order valence-corrected chi connectivity index (χ3v) is 4.83. The van der Waals surface area contributed by atoms with Gasteiger partial charge in [-0.3, -0.25) is 14.9 Å². The normalized spacial score (nSPS) is 18.1. The van der Waals surface area contributed by atoms with Crippen LogP contribution in [-0.4, -0.2) is 70.5 Å². The first-order chi connectivity index (χ1) is 14.2. The average molecular weight is 432 g/mol. The Morgan fingerprint density at radius 1 is 1.13 bits per heavy atom. The summed E-state index contributed by atoms with van der Waals surface area (Å²) in [4.78, 5) is 44.0. The number of aromatic nitrogens is 1. The van der Waals surface area contributed by atoms with E-state index in [1.54, 1.807) is 50.5 Å². The highest BCUT2D eigenvalue weighted by molar-refractivity contribution is 6.30. The van der Waals surface area contributed by atoms with Gasteiger partial charge in [0.2, 0.25) is 5.91 Å². The fourth-order valence-electron chi connectivity index (χ4n) is 3.10. The van der Waals surface area contributed by atoms with Gasteiger partial charge in [-0.05, 0) is 36.4 Å². The number of β-amino-alcohol motifs (C(OH)–C–C–N with tert-alkyl or cyclic N) is 1. The third-order valence-electron chi connectivity index (χ3n) is 4.61. The number of carbonyl (C=O) groups excluding carboxylic acids is 3. The number of rotatable bonds is 4. The fourth-order valence-corrected chi connectivity index (χ4v) is 3.21. The van der Waals surface area contributed by atoms with E-state index in [-0.39, 0.29) is 24.7 Å². The molecule has 0 spiro atoms. The molecule has 1 aromatic carbocycles. The standard InChI is InChI=1S/C20H22ClN5O4/c1-25(2)19(29)12-3-6-14(7-4-12)23-18(28)16-9-15(27)11-26(16)20(30)24-17-8-5-13(21)10-22-17/h3-8,10,15-16,27H,9,11H2,1-2H3,(H,23,28)(H,22,24,30)/t15-,16-/m1/s1. The van der Waals surface area contributed by atoms with Crippen LogP contribution in [0.3, 0.4) is 0 Å². The first-order valence-electron chi connectivity index (χ1n) is 9.24. The van der Waals surface area contributed by atoms with Gasteiger partial charge in [0.25, 0.3) is 5.91 Å². The predicted octanol–water partition coefficient (Wildman–Crippen LogP) is 2.04. The lowest BCUT2D eigenvalue weighted by Crippen LogP contribution is -2.45. The van der Waals surface area contributed by atoms with Gasteiger partial charge in [0, 0.05) is 44.5 Å². The van der Waals surface area contributed by atoms with Crippen molar-refractivity contribution in [2.24, 2.45) is 0 Å². The number of nitrogens with one attached hydrogen (secondary N) is 2. The quantitative estimate of drug-likeness (QED) is 0.685. The average Bonchev–Trinajstić information content (AvgIpc) is 3.12. The first-order valence-corrected chi connectivity index (χ1v) is 9.62. The largest absolute Gasteiger partial charge is 0.391 e. The van der Waals surface area contributed by atoms with Crippen LogP contribution >= 0.6 is 11.6 Å². The van der Waals surface area contributed by atoms with Gasteiger partial charge in [0.1, 0.15) is 11.9 Å².